The molecule has 0 aliphatic heterocycles. The van der Waals surface area contributed by atoms with Crippen LogP contribution < -0.4 is 0 Å². The fourth-order valence-corrected chi connectivity index (χ4v) is 0. The van der Waals surface area contributed by atoms with Gasteiger partial charge in [0.05, 0.1) is 13.2 Å². The lowest BCUT2D eigenvalue weighted by molar-refractivity contribution is 0.186. The molecular weight excluding hydrogens is 120 g/mol. The largest absolute Gasteiger partial charge is 0.394 e. The van der Waals surface area contributed by atoms with E-state index in [1.807, 2.05) is 0 Å². The Morgan fingerprint density at radius 3 is 1.29 bits per heavy atom. The third kappa shape index (κ3) is 147. The quantitative estimate of drug-likeness (QED) is 0.439. The minimum absolute atomic E-state index is 0.125. The number of aliphatic hydroxyl groups is 2. The Morgan fingerprint density at radius 1 is 1.14 bits per heavy atom. The highest BCUT2D eigenvalue weighted by Gasteiger charge is 1.58. The summed E-state index contributed by atoms with van der Waals surface area (Å²) < 4.78 is 16.6. The van der Waals surface area contributed by atoms with Crippen molar-refractivity contribution in [1.82, 2.24) is 0 Å². The molecule has 0 radical (unpaired) electrons. The molecule has 0 saturated heterocycles. The van der Waals surface area contributed by atoms with E-state index in [-0.39, 0.29) is 13.2 Å². The van der Waals surface area contributed by atoms with E-state index in [4.69, 9.17) is 18.6 Å². The van der Waals surface area contributed by atoms with Gasteiger partial charge < -0.3 is 10.2 Å². The van der Waals surface area contributed by atoms with Crippen molar-refractivity contribution in [2.45, 2.75) is 0 Å². The van der Waals surface area contributed by atoms with Crippen LogP contribution in [-0.2, 0) is 11.6 Å². The molecule has 0 aromatic carbocycles. The average molecular weight is 126 g/mol. The summed E-state index contributed by atoms with van der Waals surface area (Å²) in [5.74, 6) is 0. The molecule has 0 aromatic heterocycles. The Hall–Kier alpha value is -0.260. The lowest BCUT2D eigenvalue weighted by Gasteiger charge is -1.70. The zero-order valence-electron chi connectivity index (χ0n) is 3.53. The smallest absolute Gasteiger partial charge is 0.335 e. The molecule has 4 nitrogen and oxygen atoms in total. The molecule has 44 valence electrons. The van der Waals surface area contributed by atoms with E-state index >= 15 is 0 Å². The van der Waals surface area contributed by atoms with Crippen LogP contribution in [0.15, 0.2) is 0 Å². The van der Waals surface area contributed by atoms with Gasteiger partial charge in [0.1, 0.15) is 0 Å². The van der Waals surface area contributed by atoms with Gasteiger partial charge in [-0.3, -0.25) is 0 Å². The average Bonchev–Trinajstić information content (AvgIpc) is 1.69. The highest BCUT2D eigenvalue weighted by atomic mass is 32.1. The monoisotopic (exact) mass is 126 g/mol. The number of aliphatic hydroxyl groups excluding tert-OH is 2. The van der Waals surface area contributed by atoms with Gasteiger partial charge in [0, 0.05) is 0 Å². The van der Waals surface area contributed by atoms with Crippen LogP contribution in [0, 0.1) is 0 Å². The van der Waals surface area contributed by atoms with E-state index < -0.39 is 11.6 Å². The number of rotatable bonds is 1. The van der Waals surface area contributed by atoms with Crippen LogP contribution in [0.4, 0.5) is 0 Å². The van der Waals surface area contributed by atoms with Gasteiger partial charge in [-0.2, -0.15) is 8.42 Å². The molecule has 2 N–H and O–H groups in total. The molecule has 0 fully saturated rings. The van der Waals surface area contributed by atoms with Gasteiger partial charge >= 0.3 is 11.6 Å². The highest BCUT2D eigenvalue weighted by Crippen LogP contribution is 1.39. The minimum Gasteiger partial charge on any atom is -0.394 e. The second-order valence-corrected chi connectivity index (χ2v) is 0.651. The Kier molecular flexibility index (Phi) is 24.3. The van der Waals surface area contributed by atoms with E-state index in [9.17, 15) is 0 Å². The highest BCUT2D eigenvalue weighted by molar-refractivity contribution is 7.51. The van der Waals surface area contributed by atoms with Crippen LogP contribution in [-0.4, -0.2) is 31.8 Å². The van der Waals surface area contributed by atoms with Crippen molar-refractivity contribution < 1.29 is 18.6 Å². The topological polar surface area (TPSA) is 74.6 Å². The van der Waals surface area contributed by atoms with Gasteiger partial charge in [-0.1, -0.05) is 0 Å². The molecule has 7 heavy (non-hydrogen) atoms. The van der Waals surface area contributed by atoms with Crippen LogP contribution in [0.3, 0.4) is 0 Å². The van der Waals surface area contributed by atoms with Crippen molar-refractivity contribution in [1.29, 1.82) is 0 Å². The lowest BCUT2D eigenvalue weighted by atomic mass is 10.8. The fourth-order valence-electron chi connectivity index (χ4n) is 0. The van der Waals surface area contributed by atoms with Crippen molar-refractivity contribution in [3.8, 4) is 0 Å². The molecule has 0 bridgehead atoms. The maximum absolute atomic E-state index is 8.29. The molecule has 0 aromatic rings. The molecule has 0 rings (SSSR count). The first-order valence-corrected chi connectivity index (χ1v) is 2.13. The van der Waals surface area contributed by atoms with Crippen molar-refractivity contribution in [3.63, 3.8) is 0 Å². The van der Waals surface area contributed by atoms with Gasteiger partial charge in [-0.15, -0.1) is 0 Å². The van der Waals surface area contributed by atoms with Gasteiger partial charge in [0.15, 0.2) is 0 Å². The summed E-state index contributed by atoms with van der Waals surface area (Å²) >= 11 is -0.750. The molecule has 0 spiro atoms. The Labute approximate surface area is 44.4 Å². The normalized spacial score (nSPS) is 6.00. The van der Waals surface area contributed by atoms with Gasteiger partial charge in [-0.25, -0.2) is 0 Å². The van der Waals surface area contributed by atoms with Gasteiger partial charge in [-0.05, 0) is 0 Å². The molecule has 0 aliphatic carbocycles. The molecular formula is C2H6O4S. The molecule has 0 unspecified atom stereocenters. The maximum atomic E-state index is 8.29. The molecule has 5 heteroatoms. The first kappa shape index (κ1) is 9.88. The molecule has 0 atom stereocenters. The standard InChI is InChI=1S/C2H6O2.O2S/c3-1-2-4;1-3-2/h3-4H,1-2H2;. The van der Waals surface area contributed by atoms with E-state index in [0.717, 1.165) is 0 Å². The second-order valence-electron chi connectivity index (χ2n) is 0.515. The zero-order valence-corrected chi connectivity index (χ0v) is 4.35. The van der Waals surface area contributed by atoms with E-state index in [2.05, 4.69) is 0 Å². The number of hydrogen-bond donors (Lipinski definition) is 2. The molecule has 0 saturated carbocycles. The Morgan fingerprint density at radius 2 is 1.29 bits per heavy atom. The summed E-state index contributed by atoms with van der Waals surface area (Å²) in [5, 5.41) is 15.2. The van der Waals surface area contributed by atoms with Crippen LogP contribution in [0.25, 0.3) is 0 Å². The number of hydrogen-bond acceptors (Lipinski definition) is 4. The first-order chi connectivity index (χ1) is 3.33. The summed E-state index contributed by atoms with van der Waals surface area (Å²) in [5.41, 5.74) is 0. The predicted octanol–water partition coefficient (Wildman–Crippen LogP) is -1.70. The Bertz CT molecular complexity index is 45.7. The van der Waals surface area contributed by atoms with Crippen molar-refractivity contribution >= 4 is 11.6 Å². The fraction of sp³-hybridized carbons (Fsp3) is 1.00. The molecule has 0 aliphatic rings. The molecule has 0 amide bonds. The predicted molar refractivity (Wildman–Crippen MR) is 23.1 cm³/mol. The van der Waals surface area contributed by atoms with Crippen molar-refractivity contribution in [2.24, 2.45) is 0 Å². The third-order valence-corrected chi connectivity index (χ3v) is 0.1000. The van der Waals surface area contributed by atoms with Gasteiger partial charge in [0.25, 0.3) is 0 Å². The van der Waals surface area contributed by atoms with Crippen molar-refractivity contribution in [2.75, 3.05) is 13.2 Å². The third-order valence-electron chi connectivity index (χ3n) is 0.1000. The van der Waals surface area contributed by atoms with E-state index in [1.54, 1.807) is 0 Å². The summed E-state index contributed by atoms with van der Waals surface area (Å²) in [7, 11) is 0. The van der Waals surface area contributed by atoms with E-state index in [1.165, 1.54) is 0 Å². The second kappa shape index (κ2) is 17.2. The summed E-state index contributed by atoms with van der Waals surface area (Å²) in [6.45, 7) is -0.250. The van der Waals surface area contributed by atoms with Crippen LogP contribution in [0.5, 0.6) is 0 Å². The van der Waals surface area contributed by atoms with E-state index in [0.29, 0.717) is 0 Å². The van der Waals surface area contributed by atoms with Crippen LogP contribution in [0.2, 0.25) is 0 Å². The summed E-state index contributed by atoms with van der Waals surface area (Å²) in [4.78, 5) is 0. The molecule has 0 heterocycles. The minimum atomic E-state index is -0.750. The lowest BCUT2D eigenvalue weighted by Crippen LogP contribution is -1.85. The maximum Gasteiger partial charge on any atom is 0.335 e. The summed E-state index contributed by atoms with van der Waals surface area (Å²) in [6, 6.07) is 0. The zero-order chi connectivity index (χ0) is 6.12. The Balaban J connectivity index is 0. The van der Waals surface area contributed by atoms with Crippen molar-refractivity contribution in [3.05, 3.63) is 0 Å². The SMILES string of the molecule is O=S=O.OCCO. The van der Waals surface area contributed by atoms with Crippen LogP contribution >= 0.6 is 0 Å². The summed E-state index contributed by atoms with van der Waals surface area (Å²) in [6.07, 6.45) is 0. The first-order valence-electron chi connectivity index (χ1n) is 1.47. The van der Waals surface area contributed by atoms with Gasteiger partial charge in [0.2, 0.25) is 0 Å². The van der Waals surface area contributed by atoms with Crippen LogP contribution in [0.1, 0.15) is 0 Å².